The van der Waals surface area contributed by atoms with Crippen molar-refractivity contribution in [3.8, 4) is 5.69 Å². The number of hydrogen-bond donors (Lipinski definition) is 1. The predicted molar refractivity (Wildman–Crippen MR) is 65.0 cm³/mol. The maximum Gasteiger partial charge on any atom is 0.280 e. The first-order valence-corrected chi connectivity index (χ1v) is 5.60. The lowest BCUT2D eigenvalue weighted by molar-refractivity contribution is 0.816. The van der Waals surface area contributed by atoms with E-state index in [2.05, 4.69) is 36.2 Å². The van der Waals surface area contributed by atoms with E-state index >= 15 is 0 Å². The predicted octanol–water partition coefficient (Wildman–Crippen LogP) is 1.27. The summed E-state index contributed by atoms with van der Waals surface area (Å²) in [6, 6.07) is 7.52. The minimum Gasteiger partial charge on any atom is -0.311 e. The molecule has 0 atom stereocenters. The third-order valence-corrected chi connectivity index (χ3v) is 2.79. The minimum atomic E-state index is -0.295. The largest absolute Gasteiger partial charge is 0.311 e. The van der Waals surface area contributed by atoms with Gasteiger partial charge in [-0.1, -0.05) is 27.2 Å². The number of fused-ring (bicyclic) bond motifs is 1. The Balaban J connectivity index is 2.32. The topological polar surface area (TPSA) is 76.5 Å². The number of aromatic amines is 1. The van der Waals surface area contributed by atoms with Crippen molar-refractivity contribution in [2.45, 2.75) is 0 Å². The maximum absolute atomic E-state index is 11.5. The third-order valence-electron chi connectivity index (χ3n) is 2.30. The molecule has 0 aliphatic carbocycles. The number of H-pyrrole nitrogens is 1. The van der Waals surface area contributed by atoms with Crippen molar-refractivity contribution in [2.75, 3.05) is 0 Å². The van der Waals surface area contributed by atoms with E-state index < -0.39 is 0 Å². The van der Waals surface area contributed by atoms with Crippen LogP contribution < -0.4 is 5.56 Å². The molecule has 0 saturated carbocycles. The first kappa shape index (κ1) is 10.2. The third kappa shape index (κ3) is 1.64. The van der Waals surface area contributed by atoms with E-state index in [1.54, 1.807) is 0 Å². The Morgan fingerprint density at radius 3 is 3.06 bits per heavy atom. The fraction of sp³-hybridized carbons (Fsp3) is 0. The molecule has 3 rings (SSSR count). The standard InChI is InChI=1S/C10H6BrN5O/c11-6-2-1-3-7(4-6)16-9-8(14-15-16)10(17)13-5-12-9/h1-5H,(H,12,13,17). The Bertz CT molecular complexity index is 748. The van der Waals surface area contributed by atoms with E-state index in [1.165, 1.54) is 11.0 Å². The zero-order chi connectivity index (χ0) is 11.8. The van der Waals surface area contributed by atoms with Gasteiger partial charge in [0.2, 0.25) is 0 Å². The second kappa shape index (κ2) is 3.77. The van der Waals surface area contributed by atoms with E-state index in [0.717, 1.165) is 10.2 Å². The Morgan fingerprint density at radius 2 is 2.24 bits per heavy atom. The van der Waals surface area contributed by atoms with Gasteiger partial charge in [0.25, 0.3) is 5.56 Å². The molecule has 0 bridgehead atoms. The van der Waals surface area contributed by atoms with E-state index in [1.807, 2.05) is 24.3 Å². The van der Waals surface area contributed by atoms with Crippen molar-refractivity contribution in [3.05, 3.63) is 45.4 Å². The molecule has 17 heavy (non-hydrogen) atoms. The summed E-state index contributed by atoms with van der Waals surface area (Å²) in [5.41, 5.74) is 1.16. The monoisotopic (exact) mass is 291 g/mol. The highest BCUT2D eigenvalue weighted by Crippen LogP contribution is 2.16. The molecule has 0 spiro atoms. The molecule has 0 amide bonds. The molecule has 1 aromatic carbocycles. The second-order valence-electron chi connectivity index (χ2n) is 3.38. The van der Waals surface area contributed by atoms with Gasteiger partial charge in [0.1, 0.15) is 0 Å². The highest BCUT2D eigenvalue weighted by atomic mass is 79.9. The average molecular weight is 292 g/mol. The van der Waals surface area contributed by atoms with Gasteiger partial charge in [0.15, 0.2) is 11.2 Å². The van der Waals surface area contributed by atoms with Gasteiger partial charge in [0, 0.05) is 4.47 Å². The Labute approximate surface area is 103 Å². The van der Waals surface area contributed by atoms with Crippen molar-refractivity contribution in [2.24, 2.45) is 0 Å². The van der Waals surface area contributed by atoms with Crippen LogP contribution in [0.25, 0.3) is 16.9 Å². The molecular formula is C10H6BrN5O. The summed E-state index contributed by atoms with van der Waals surface area (Å²) >= 11 is 3.38. The van der Waals surface area contributed by atoms with Gasteiger partial charge in [0.05, 0.1) is 12.0 Å². The number of aromatic nitrogens is 5. The quantitative estimate of drug-likeness (QED) is 0.732. The Morgan fingerprint density at radius 1 is 1.35 bits per heavy atom. The summed E-state index contributed by atoms with van der Waals surface area (Å²) in [6.45, 7) is 0. The summed E-state index contributed by atoms with van der Waals surface area (Å²) in [5, 5.41) is 7.75. The number of benzene rings is 1. The van der Waals surface area contributed by atoms with Gasteiger partial charge in [-0.15, -0.1) is 5.10 Å². The summed E-state index contributed by atoms with van der Waals surface area (Å²) in [7, 11) is 0. The van der Waals surface area contributed by atoms with Crippen LogP contribution in [0.15, 0.2) is 39.9 Å². The lowest BCUT2D eigenvalue weighted by atomic mass is 10.3. The molecule has 2 aromatic heterocycles. The van der Waals surface area contributed by atoms with E-state index in [-0.39, 0.29) is 11.1 Å². The summed E-state index contributed by atoms with van der Waals surface area (Å²) in [6.07, 6.45) is 1.34. The van der Waals surface area contributed by atoms with Crippen molar-refractivity contribution in [1.82, 2.24) is 25.0 Å². The normalized spacial score (nSPS) is 10.9. The van der Waals surface area contributed by atoms with Crippen molar-refractivity contribution in [1.29, 1.82) is 0 Å². The van der Waals surface area contributed by atoms with Crippen LogP contribution in [0.2, 0.25) is 0 Å². The molecule has 1 N–H and O–H groups in total. The van der Waals surface area contributed by atoms with Crippen LogP contribution in [0.4, 0.5) is 0 Å². The second-order valence-corrected chi connectivity index (χ2v) is 4.30. The molecule has 3 aromatic rings. The molecule has 0 unspecified atom stereocenters. The molecular weight excluding hydrogens is 286 g/mol. The number of nitrogens with one attached hydrogen (secondary N) is 1. The smallest absolute Gasteiger partial charge is 0.280 e. The Kier molecular flexibility index (Phi) is 2.25. The minimum absolute atomic E-state index is 0.229. The van der Waals surface area contributed by atoms with Crippen LogP contribution in [0, 0.1) is 0 Å². The zero-order valence-electron chi connectivity index (χ0n) is 8.46. The number of hydrogen-bond acceptors (Lipinski definition) is 4. The van der Waals surface area contributed by atoms with Crippen LogP contribution >= 0.6 is 15.9 Å². The lowest BCUT2D eigenvalue weighted by Crippen LogP contribution is -2.07. The van der Waals surface area contributed by atoms with Gasteiger partial charge >= 0.3 is 0 Å². The van der Waals surface area contributed by atoms with E-state index in [9.17, 15) is 4.79 Å². The van der Waals surface area contributed by atoms with E-state index in [0.29, 0.717) is 5.65 Å². The van der Waals surface area contributed by atoms with Crippen LogP contribution in [0.3, 0.4) is 0 Å². The highest BCUT2D eigenvalue weighted by molar-refractivity contribution is 9.10. The molecule has 7 heteroatoms. The number of halogens is 1. The van der Waals surface area contributed by atoms with Crippen molar-refractivity contribution >= 4 is 27.1 Å². The fourth-order valence-electron chi connectivity index (χ4n) is 1.54. The van der Waals surface area contributed by atoms with Crippen LogP contribution in [-0.4, -0.2) is 25.0 Å². The summed E-state index contributed by atoms with van der Waals surface area (Å²) < 4.78 is 2.44. The molecule has 0 aliphatic rings. The van der Waals surface area contributed by atoms with Crippen molar-refractivity contribution in [3.63, 3.8) is 0 Å². The zero-order valence-corrected chi connectivity index (χ0v) is 10.0. The molecule has 2 heterocycles. The molecule has 0 radical (unpaired) electrons. The number of nitrogens with zero attached hydrogens (tertiary/aromatic N) is 4. The van der Waals surface area contributed by atoms with Crippen LogP contribution in [0.1, 0.15) is 0 Å². The Hall–Kier alpha value is -2.02. The first-order valence-electron chi connectivity index (χ1n) is 4.81. The van der Waals surface area contributed by atoms with Gasteiger partial charge in [-0.2, -0.15) is 4.68 Å². The number of rotatable bonds is 1. The van der Waals surface area contributed by atoms with E-state index in [4.69, 9.17) is 0 Å². The van der Waals surface area contributed by atoms with Crippen LogP contribution in [0.5, 0.6) is 0 Å². The van der Waals surface area contributed by atoms with Crippen molar-refractivity contribution < 1.29 is 0 Å². The van der Waals surface area contributed by atoms with Crippen LogP contribution in [-0.2, 0) is 0 Å². The average Bonchev–Trinajstić information content (AvgIpc) is 2.74. The lowest BCUT2D eigenvalue weighted by Gasteiger charge is -2.00. The van der Waals surface area contributed by atoms with Gasteiger partial charge < -0.3 is 4.98 Å². The molecule has 6 nitrogen and oxygen atoms in total. The molecule has 0 aliphatic heterocycles. The van der Waals surface area contributed by atoms with Gasteiger partial charge in [-0.3, -0.25) is 4.79 Å². The molecule has 0 fully saturated rings. The fourth-order valence-corrected chi connectivity index (χ4v) is 1.93. The maximum atomic E-state index is 11.5. The summed E-state index contributed by atoms with van der Waals surface area (Å²) in [4.78, 5) is 18.0. The van der Waals surface area contributed by atoms with Gasteiger partial charge in [-0.05, 0) is 18.2 Å². The highest BCUT2D eigenvalue weighted by Gasteiger charge is 2.10. The van der Waals surface area contributed by atoms with Gasteiger partial charge in [-0.25, -0.2) is 4.98 Å². The summed E-state index contributed by atoms with van der Waals surface area (Å²) in [5.74, 6) is 0. The SMILES string of the molecule is O=c1[nH]cnc2c1nnn2-c1cccc(Br)c1. The molecule has 84 valence electrons. The first-order chi connectivity index (χ1) is 8.25. The molecule has 0 saturated heterocycles.